The molecule has 5 nitrogen and oxygen atoms in total. The van der Waals surface area contributed by atoms with Crippen LogP contribution >= 0.6 is 15.9 Å². The molecule has 1 aromatic heterocycles. The molecule has 1 fully saturated rings. The molecule has 1 heterocycles. The zero-order valence-corrected chi connectivity index (χ0v) is 10.8. The lowest BCUT2D eigenvalue weighted by molar-refractivity contribution is -0.0605. The second-order valence-corrected chi connectivity index (χ2v) is 5.11. The van der Waals surface area contributed by atoms with Gasteiger partial charge in [0.1, 0.15) is 5.60 Å². The molecule has 0 aromatic carbocycles. The van der Waals surface area contributed by atoms with Gasteiger partial charge in [0, 0.05) is 13.2 Å². The minimum atomic E-state index is -0.831. The van der Waals surface area contributed by atoms with Gasteiger partial charge in [0.05, 0.1) is 29.5 Å². The number of nitrogens with two attached hydrogens (primary N) is 1. The lowest BCUT2D eigenvalue weighted by Gasteiger charge is -2.42. The van der Waals surface area contributed by atoms with Gasteiger partial charge in [0.2, 0.25) is 0 Å². The first-order valence-corrected chi connectivity index (χ1v) is 6.05. The summed E-state index contributed by atoms with van der Waals surface area (Å²) in [5.41, 5.74) is 5.71. The molecule has 0 atom stereocenters. The van der Waals surface area contributed by atoms with Gasteiger partial charge in [-0.25, -0.2) is 0 Å². The molecule has 16 heavy (non-hydrogen) atoms. The summed E-state index contributed by atoms with van der Waals surface area (Å²) >= 11 is 3.41. The quantitative estimate of drug-likeness (QED) is 0.851. The van der Waals surface area contributed by atoms with Crippen LogP contribution in [-0.4, -0.2) is 34.6 Å². The summed E-state index contributed by atoms with van der Waals surface area (Å²) in [5, 5.41) is 14.6. The van der Waals surface area contributed by atoms with Gasteiger partial charge in [0.15, 0.2) is 0 Å². The minimum absolute atomic E-state index is 0.0858. The van der Waals surface area contributed by atoms with Crippen LogP contribution in [0.15, 0.2) is 10.7 Å². The van der Waals surface area contributed by atoms with Gasteiger partial charge in [0.25, 0.3) is 0 Å². The highest BCUT2D eigenvalue weighted by atomic mass is 79.9. The number of hydrogen-bond donors (Lipinski definition) is 2. The molecular weight excluding hydrogens is 274 g/mol. The number of nitrogens with zero attached hydrogens (tertiary/aromatic N) is 2. The topological polar surface area (TPSA) is 73.3 Å². The van der Waals surface area contributed by atoms with Crippen LogP contribution in [0.2, 0.25) is 0 Å². The van der Waals surface area contributed by atoms with E-state index in [0.717, 1.165) is 10.2 Å². The Bertz CT molecular complexity index is 374. The molecule has 1 aliphatic carbocycles. The highest BCUT2D eigenvalue weighted by Crippen LogP contribution is 2.43. The number of aliphatic hydroxyl groups is 1. The zero-order chi connectivity index (χ0) is 11.8. The maximum Gasteiger partial charge on any atom is 0.110 e. The Hall–Kier alpha value is -0.430. The van der Waals surface area contributed by atoms with Crippen molar-refractivity contribution < 1.29 is 9.84 Å². The molecule has 0 bridgehead atoms. The Morgan fingerprint density at radius 1 is 1.75 bits per heavy atom. The van der Waals surface area contributed by atoms with Gasteiger partial charge < -0.3 is 15.6 Å². The van der Waals surface area contributed by atoms with Gasteiger partial charge >= 0.3 is 0 Å². The van der Waals surface area contributed by atoms with E-state index in [1.807, 2.05) is 0 Å². The van der Waals surface area contributed by atoms with Crippen LogP contribution in [0.5, 0.6) is 0 Å². The summed E-state index contributed by atoms with van der Waals surface area (Å²) in [6.45, 7) is 1.21. The van der Waals surface area contributed by atoms with Crippen LogP contribution in [0.25, 0.3) is 0 Å². The largest absolute Gasteiger partial charge is 0.383 e. The van der Waals surface area contributed by atoms with Crippen molar-refractivity contribution in [1.82, 2.24) is 9.78 Å². The van der Waals surface area contributed by atoms with Gasteiger partial charge in [-0.15, -0.1) is 0 Å². The van der Waals surface area contributed by atoms with Crippen molar-refractivity contribution in [1.29, 1.82) is 0 Å². The Balaban J connectivity index is 2.22. The van der Waals surface area contributed by atoms with E-state index in [1.54, 1.807) is 18.0 Å². The lowest BCUT2D eigenvalue weighted by atomic mass is 9.74. The monoisotopic (exact) mass is 289 g/mol. The summed E-state index contributed by atoms with van der Waals surface area (Å²) in [5.74, 6) is 0. The summed E-state index contributed by atoms with van der Waals surface area (Å²) in [4.78, 5) is 0. The fraction of sp³-hybridized carbons (Fsp3) is 0.700. The maximum atomic E-state index is 10.4. The molecule has 2 rings (SSSR count). The van der Waals surface area contributed by atoms with Gasteiger partial charge in [-0.1, -0.05) is 0 Å². The Morgan fingerprint density at radius 2 is 2.44 bits per heavy atom. The summed E-state index contributed by atoms with van der Waals surface area (Å²) in [7, 11) is 1.65. The third-order valence-corrected chi connectivity index (χ3v) is 3.52. The standard InChI is InChI=1S/C10H16BrN3O2/c1-16-3-2-14-9(8(11)6-13-14)10(15)4-7(12)5-10/h6-7,15H,2-5,12H2,1H3. The molecule has 3 N–H and O–H groups in total. The molecule has 1 saturated carbocycles. The molecule has 0 unspecified atom stereocenters. The van der Waals surface area contributed by atoms with Crippen molar-refractivity contribution in [2.75, 3.05) is 13.7 Å². The number of ether oxygens (including phenoxy) is 1. The Morgan fingerprint density at radius 3 is 3.00 bits per heavy atom. The molecular formula is C10H16BrN3O2. The number of methoxy groups -OCH3 is 1. The first kappa shape index (κ1) is 12.0. The fourth-order valence-corrected chi connectivity index (χ4v) is 2.84. The number of halogens is 1. The average molecular weight is 290 g/mol. The van der Waals surface area contributed by atoms with E-state index < -0.39 is 5.60 Å². The molecule has 0 saturated heterocycles. The van der Waals surface area contributed by atoms with Crippen LogP contribution in [-0.2, 0) is 16.9 Å². The fourth-order valence-electron chi connectivity index (χ4n) is 2.17. The number of hydrogen-bond acceptors (Lipinski definition) is 4. The van der Waals surface area contributed by atoms with Crippen LogP contribution in [0, 0.1) is 0 Å². The van der Waals surface area contributed by atoms with E-state index in [1.165, 1.54) is 0 Å². The molecule has 6 heteroatoms. The highest BCUT2D eigenvalue weighted by molar-refractivity contribution is 9.10. The van der Waals surface area contributed by atoms with E-state index in [-0.39, 0.29) is 6.04 Å². The third kappa shape index (κ3) is 2.02. The molecule has 1 aliphatic rings. The van der Waals surface area contributed by atoms with Crippen molar-refractivity contribution in [3.63, 3.8) is 0 Å². The third-order valence-electron chi connectivity index (χ3n) is 2.94. The molecule has 0 aliphatic heterocycles. The van der Waals surface area contributed by atoms with Crippen molar-refractivity contribution in [3.8, 4) is 0 Å². The first-order chi connectivity index (χ1) is 7.57. The Labute approximate surface area is 103 Å². The van der Waals surface area contributed by atoms with E-state index in [0.29, 0.717) is 26.0 Å². The van der Waals surface area contributed by atoms with Crippen molar-refractivity contribution in [2.24, 2.45) is 5.73 Å². The highest BCUT2D eigenvalue weighted by Gasteiger charge is 2.45. The predicted molar refractivity (Wildman–Crippen MR) is 62.9 cm³/mol. The van der Waals surface area contributed by atoms with Crippen LogP contribution in [0.3, 0.4) is 0 Å². The smallest absolute Gasteiger partial charge is 0.110 e. The van der Waals surface area contributed by atoms with Crippen LogP contribution < -0.4 is 5.73 Å². The second kappa shape index (κ2) is 4.44. The SMILES string of the molecule is COCCn1ncc(Br)c1C1(O)CC(N)C1. The van der Waals surface area contributed by atoms with Crippen LogP contribution in [0.1, 0.15) is 18.5 Å². The minimum Gasteiger partial charge on any atom is -0.383 e. The number of aromatic nitrogens is 2. The average Bonchev–Trinajstić information content (AvgIpc) is 2.55. The van der Waals surface area contributed by atoms with E-state index >= 15 is 0 Å². The van der Waals surface area contributed by atoms with E-state index in [2.05, 4.69) is 21.0 Å². The van der Waals surface area contributed by atoms with Gasteiger partial charge in [-0.05, 0) is 28.8 Å². The van der Waals surface area contributed by atoms with Crippen molar-refractivity contribution in [2.45, 2.75) is 31.0 Å². The molecule has 0 amide bonds. The predicted octanol–water partition coefficient (Wildman–Crippen LogP) is 0.601. The maximum absolute atomic E-state index is 10.4. The Kier molecular flexibility index (Phi) is 3.34. The summed E-state index contributed by atoms with van der Waals surface area (Å²) < 4.78 is 7.62. The zero-order valence-electron chi connectivity index (χ0n) is 9.19. The number of rotatable bonds is 4. The summed E-state index contributed by atoms with van der Waals surface area (Å²) in [6, 6.07) is 0.0858. The first-order valence-electron chi connectivity index (χ1n) is 5.25. The van der Waals surface area contributed by atoms with Gasteiger partial charge in [-0.2, -0.15) is 5.10 Å². The van der Waals surface area contributed by atoms with E-state index in [4.69, 9.17) is 10.5 Å². The molecule has 1 aromatic rings. The molecule has 90 valence electrons. The lowest BCUT2D eigenvalue weighted by Crippen LogP contribution is -2.50. The normalized spacial score (nSPS) is 29.1. The van der Waals surface area contributed by atoms with Crippen molar-refractivity contribution in [3.05, 3.63) is 16.4 Å². The van der Waals surface area contributed by atoms with Crippen LogP contribution in [0.4, 0.5) is 0 Å². The van der Waals surface area contributed by atoms with Gasteiger partial charge in [-0.3, -0.25) is 4.68 Å². The molecule has 0 spiro atoms. The van der Waals surface area contributed by atoms with E-state index in [9.17, 15) is 5.11 Å². The summed E-state index contributed by atoms with van der Waals surface area (Å²) in [6.07, 6.45) is 2.88. The second-order valence-electron chi connectivity index (χ2n) is 4.26. The van der Waals surface area contributed by atoms with Crippen molar-refractivity contribution >= 4 is 15.9 Å². The molecule has 0 radical (unpaired) electrons.